The van der Waals surface area contributed by atoms with Gasteiger partial charge >= 0.3 is 5.97 Å². The van der Waals surface area contributed by atoms with Crippen molar-refractivity contribution in [2.24, 2.45) is 5.92 Å². The molecule has 1 aromatic heterocycles. The highest BCUT2D eigenvalue weighted by molar-refractivity contribution is 7.89. The fourth-order valence-electron chi connectivity index (χ4n) is 2.20. The van der Waals surface area contributed by atoms with Crippen LogP contribution in [0.3, 0.4) is 0 Å². The minimum absolute atomic E-state index is 0.0191. The Morgan fingerprint density at radius 3 is 2.55 bits per heavy atom. The zero-order valence-corrected chi connectivity index (χ0v) is 12.4. The van der Waals surface area contributed by atoms with Crippen molar-refractivity contribution in [1.29, 1.82) is 0 Å². The fraction of sp³-hybridized carbons (Fsp3) is 0.538. The van der Waals surface area contributed by atoms with Crippen LogP contribution < -0.4 is 0 Å². The van der Waals surface area contributed by atoms with Crippen LogP contribution in [0.4, 0.5) is 0 Å². The number of hydrogen-bond acceptors (Lipinski definition) is 4. The van der Waals surface area contributed by atoms with E-state index in [9.17, 15) is 13.2 Å². The second kappa shape index (κ2) is 5.49. The average molecular weight is 298 g/mol. The van der Waals surface area contributed by atoms with E-state index in [1.165, 1.54) is 30.4 Å². The third-order valence-electron chi connectivity index (χ3n) is 3.71. The molecule has 1 aliphatic rings. The topological polar surface area (TPSA) is 87.6 Å². The summed E-state index contributed by atoms with van der Waals surface area (Å²) in [5.74, 6) is -0.684. The first-order valence-corrected chi connectivity index (χ1v) is 7.93. The summed E-state index contributed by atoms with van der Waals surface area (Å²) in [5, 5.41) is 8.83. The number of aromatic carboxylic acids is 1. The van der Waals surface area contributed by atoms with Crippen LogP contribution in [-0.2, 0) is 10.0 Å². The number of pyridine rings is 1. The lowest BCUT2D eigenvalue weighted by Gasteiger charge is -2.29. The monoisotopic (exact) mass is 298 g/mol. The fourth-order valence-corrected chi connectivity index (χ4v) is 3.42. The number of sulfonamides is 1. The van der Waals surface area contributed by atoms with Crippen LogP contribution in [0, 0.1) is 12.8 Å². The van der Waals surface area contributed by atoms with Crippen molar-refractivity contribution >= 4 is 16.0 Å². The van der Waals surface area contributed by atoms with E-state index < -0.39 is 16.0 Å². The van der Waals surface area contributed by atoms with Gasteiger partial charge in [0, 0.05) is 13.6 Å². The first kappa shape index (κ1) is 14.9. The summed E-state index contributed by atoms with van der Waals surface area (Å²) >= 11 is 0. The van der Waals surface area contributed by atoms with Crippen LogP contribution in [0.25, 0.3) is 0 Å². The maximum atomic E-state index is 12.4. The van der Waals surface area contributed by atoms with Gasteiger partial charge in [-0.05, 0) is 37.8 Å². The van der Waals surface area contributed by atoms with Gasteiger partial charge in [-0.1, -0.05) is 6.42 Å². The van der Waals surface area contributed by atoms with Crippen molar-refractivity contribution in [3.63, 3.8) is 0 Å². The van der Waals surface area contributed by atoms with Crippen LogP contribution in [0.15, 0.2) is 17.2 Å². The highest BCUT2D eigenvalue weighted by Gasteiger charge is 2.28. The number of carbonyl (C=O) groups is 1. The maximum absolute atomic E-state index is 12.4. The molecule has 0 aliphatic heterocycles. The number of rotatable bonds is 5. The molecule has 0 aromatic carbocycles. The number of hydrogen-bond donors (Lipinski definition) is 1. The Bertz CT molecular complexity index is 623. The van der Waals surface area contributed by atoms with E-state index in [0.717, 1.165) is 19.3 Å². The zero-order valence-electron chi connectivity index (χ0n) is 11.5. The molecule has 1 N–H and O–H groups in total. The number of aromatic nitrogens is 1. The molecular weight excluding hydrogens is 280 g/mol. The van der Waals surface area contributed by atoms with Gasteiger partial charge in [0.1, 0.15) is 0 Å². The van der Waals surface area contributed by atoms with E-state index in [2.05, 4.69) is 4.98 Å². The van der Waals surface area contributed by atoms with Crippen molar-refractivity contribution in [3.8, 4) is 0 Å². The largest absolute Gasteiger partial charge is 0.478 e. The van der Waals surface area contributed by atoms with Gasteiger partial charge in [0.15, 0.2) is 5.03 Å². The second-order valence-corrected chi connectivity index (χ2v) is 7.16. The van der Waals surface area contributed by atoms with Gasteiger partial charge in [0.25, 0.3) is 10.0 Å². The summed E-state index contributed by atoms with van der Waals surface area (Å²) in [6.07, 6.45) is 3.28. The predicted molar refractivity (Wildman–Crippen MR) is 73.1 cm³/mol. The van der Waals surface area contributed by atoms with Crippen molar-refractivity contribution in [3.05, 3.63) is 23.4 Å². The second-order valence-electron chi connectivity index (χ2n) is 5.17. The molecule has 6 nitrogen and oxygen atoms in total. The summed E-state index contributed by atoms with van der Waals surface area (Å²) in [6, 6.07) is 2.54. The standard InChI is InChI=1S/C13H18N2O4S/c1-9-11(13(16)17)6-7-12(14-9)20(18,19)15(2)8-10-4-3-5-10/h6-7,10H,3-5,8H2,1-2H3,(H,16,17). The molecule has 7 heteroatoms. The Balaban J connectivity index is 2.24. The molecule has 110 valence electrons. The molecule has 1 aliphatic carbocycles. The van der Waals surface area contributed by atoms with Gasteiger partial charge in [0.2, 0.25) is 0 Å². The van der Waals surface area contributed by atoms with Crippen molar-refractivity contribution in [2.75, 3.05) is 13.6 Å². The van der Waals surface area contributed by atoms with Gasteiger partial charge in [-0.3, -0.25) is 0 Å². The van der Waals surface area contributed by atoms with E-state index in [1.807, 2.05) is 0 Å². The van der Waals surface area contributed by atoms with Crippen molar-refractivity contribution in [1.82, 2.24) is 9.29 Å². The predicted octanol–water partition coefficient (Wildman–Crippen LogP) is 1.51. The van der Waals surface area contributed by atoms with E-state index in [4.69, 9.17) is 5.11 Å². The minimum Gasteiger partial charge on any atom is -0.478 e. The Morgan fingerprint density at radius 2 is 2.10 bits per heavy atom. The molecule has 1 fully saturated rings. The molecule has 0 saturated heterocycles. The van der Waals surface area contributed by atoms with Gasteiger partial charge in [0.05, 0.1) is 11.3 Å². The quantitative estimate of drug-likeness (QED) is 0.890. The Labute approximate surface area is 118 Å². The maximum Gasteiger partial charge on any atom is 0.337 e. The molecule has 0 atom stereocenters. The number of carboxylic acid groups (broad SMARTS) is 1. The molecule has 0 bridgehead atoms. The molecule has 1 heterocycles. The molecule has 20 heavy (non-hydrogen) atoms. The van der Waals surface area contributed by atoms with Gasteiger partial charge in [-0.15, -0.1) is 0 Å². The van der Waals surface area contributed by atoms with Crippen LogP contribution in [0.5, 0.6) is 0 Å². The van der Waals surface area contributed by atoms with Crippen LogP contribution in [-0.4, -0.2) is 42.4 Å². The molecule has 1 aromatic rings. The molecule has 0 unspecified atom stereocenters. The Hall–Kier alpha value is -1.47. The summed E-state index contributed by atoms with van der Waals surface area (Å²) in [5.41, 5.74) is 0.223. The smallest absolute Gasteiger partial charge is 0.337 e. The van der Waals surface area contributed by atoms with Crippen LogP contribution in [0.1, 0.15) is 35.3 Å². The lowest BCUT2D eigenvalue weighted by molar-refractivity contribution is 0.0695. The van der Waals surface area contributed by atoms with Gasteiger partial charge in [-0.2, -0.15) is 4.31 Å². The third kappa shape index (κ3) is 2.83. The molecule has 0 amide bonds. The number of aryl methyl sites for hydroxylation is 1. The first-order valence-electron chi connectivity index (χ1n) is 6.49. The number of carboxylic acids is 1. The van der Waals surface area contributed by atoms with Crippen LogP contribution in [0.2, 0.25) is 0 Å². The normalized spacial score (nSPS) is 16.1. The van der Waals surface area contributed by atoms with Gasteiger partial charge in [-0.25, -0.2) is 18.2 Å². The summed E-state index contributed by atoms with van der Waals surface area (Å²) in [4.78, 5) is 14.8. The van der Waals surface area contributed by atoms with E-state index in [0.29, 0.717) is 12.5 Å². The molecule has 0 spiro atoms. The highest BCUT2D eigenvalue weighted by Crippen LogP contribution is 2.28. The lowest BCUT2D eigenvalue weighted by atomic mass is 9.86. The molecule has 2 rings (SSSR count). The SMILES string of the molecule is Cc1nc(S(=O)(=O)N(C)CC2CCC2)ccc1C(=O)O. The van der Waals surface area contributed by atoms with Gasteiger partial charge < -0.3 is 5.11 Å². The first-order chi connectivity index (χ1) is 9.32. The average Bonchev–Trinajstić information content (AvgIpc) is 2.32. The molecule has 0 radical (unpaired) electrons. The number of nitrogens with zero attached hydrogens (tertiary/aromatic N) is 2. The van der Waals surface area contributed by atoms with E-state index in [1.54, 1.807) is 0 Å². The zero-order chi connectivity index (χ0) is 14.9. The van der Waals surface area contributed by atoms with E-state index >= 15 is 0 Å². The minimum atomic E-state index is -3.65. The lowest BCUT2D eigenvalue weighted by Crippen LogP contribution is -2.34. The molecule has 1 saturated carbocycles. The summed E-state index contributed by atoms with van der Waals surface area (Å²) in [6.45, 7) is 1.98. The molecular formula is C13H18N2O4S. The van der Waals surface area contributed by atoms with E-state index in [-0.39, 0.29) is 16.3 Å². The Kier molecular flexibility index (Phi) is 4.10. The Morgan fingerprint density at radius 1 is 1.45 bits per heavy atom. The summed E-state index contributed by atoms with van der Waals surface area (Å²) < 4.78 is 26.0. The van der Waals surface area contributed by atoms with Crippen LogP contribution >= 0.6 is 0 Å². The third-order valence-corrected chi connectivity index (χ3v) is 5.43. The summed E-state index contributed by atoms with van der Waals surface area (Å²) in [7, 11) is -2.11. The van der Waals surface area contributed by atoms with Crippen molar-refractivity contribution in [2.45, 2.75) is 31.2 Å². The van der Waals surface area contributed by atoms with Crippen molar-refractivity contribution < 1.29 is 18.3 Å². The highest BCUT2D eigenvalue weighted by atomic mass is 32.2.